The average molecular weight is 213 g/mol. The highest BCUT2D eigenvalue weighted by molar-refractivity contribution is 4.83. The molecular formula is C12H23NO2. The number of unbranched alkanes of at least 4 members (excludes halogenated alkanes) is 3. The van der Waals surface area contributed by atoms with Crippen LogP contribution in [0.25, 0.3) is 0 Å². The van der Waals surface area contributed by atoms with Gasteiger partial charge in [0.1, 0.15) is 6.10 Å². The van der Waals surface area contributed by atoms with Crippen molar-refractivity contribution >= 4 is 0 Å². The van der Waals surface area contributed by atoms with Crippen LogP contribution in [0.1, 0.15) is 52.9 Å². The molecule has 0 rings (SSSR count). The molecule has 2 unspecified atom stereocenters. The van der Waals surface area contributed by atoms with Gasteiger partial charge < -0.3 is 9.47 Å². The Morgan fingerprint density at radius 2 is 1.93 bits per heavy atom. The molecule has 0 saturated carbocycles. The second-order valence-electron chi connectivity index (χ2n) is 3.63. The molecule has 0 aromatic heterocycles. The van der Waals surface area contributed by atoms with Gasteiger partial charge in [-0.3, -0.25) is 0 Å². The van der Waals surface area contributed by atoms with Crippen molar-refractivity contribution in [3.63, 3.8) is 0 Å². The summed E-state index contributed by atoms with van der Waals surface area (Å²) in [6, 6.07) is 2.17. The molecule has 0 radical (unpaired) electrons. The zero-order valence-electron chi connectivity index (χ0n) is 10.2. The largest absolute Gasteiger partial charge is 0.353 e. The molecule has 0 aromatic rings. The number of rotatable bonds is 9. The van der Waals surface area contributed by atoms with Crippen LogP contribution in [-0.4, -0.2) is 19.0 Å². The second-order valence-corrected chi connectivity index (χ2v) is 3.63. The highest BCUT2D eigenvalue weighted by atomic mass is 16.7. The van der Waals surface area contributed by atoms with E-state index in [4.69, 9.17) is 14.7 Å². The lowest BCUT2D eigenvalue weighted by molar-refractivity contribution is -0.145. The van der Waals surface area contributed by atoms with Crippen LogP contribution in [0.3, 0.4) is 0 Å². The lowest BCUT2D eigenvalue weighted by Crippen LogP contribution is -2.21. The van der Waals surface area contributed by atoms with Gasteiger partial charge in [-0.1, -0.05) is 26.2 Å². The molecule has 0 saturated heterocycles. The standard InChI is InChI=1S/C12H23NO2/c1-4-6-7-8-9-12(10-13)15-11(3)14-5-2/h11-12H,4-9H2,1-3H3. The van der Waals surface area contributed by atoms with Crippen molar-refractivity contribution in [1.82, 2.24) is 0 Å². The van der Waals surface area contributed by atoms with E-state index >= 15 is 0 Å². The molecule has 0 heterocycles. The molecule has 0 aromatic carbocycles. The lowest BCUT2D eigenvalue weighted by Gasteiger charge is -2.16. The van der Waals surface area contributed by atoms with E-state index in [1.165, 1.54) is 19.3 Å². The van der Waals surface area contributed by atoms with Crippen LogP contribution in [0.5, 0.6) is 0 Å². The van der Waals surface area contributed by atoms with Crippen LogP contribution in [0.4, 0.5) is 0 Å². The van der Waals surface area contributed by atoms with Crippen LogP contribution < -0.4 is 0 Å². The third kappa shape index (κ3) is 8.41. The minimum Gasteiger partial charge on any atom is -0.353 e. The first-order valence-electron chi connectivity index (χ1n) is 5.91. The summed E-state index contributed by atoms with van der Waals surface area (Å²) in [5, 5.41) is 8.87. The van der Waals surface area contributed by atoms with E-state index in [1.54, 1.807) is 0 Å². The van der Waals surface area contributed by atoms with Crippen molar-refractivity contribution in [3.05, 3.63) is 0 Å². The topological polar surface area (TPSA) is 42.2 Å². The Labute approximate surface area is 93.4 Å². The first-order valence-corrected chi connectivity index (χ1v) is 5.91. The number of hydrogen-bond acceptors (Lipinski definition) is 3. The molecule has 0 spiro atoms. The van der Waals surface area contributed by atoms with Crippen molar-refractivity contribution in [2.45, 2.75) is 65.3 Å². The zero-order chi connectivity index (χ0) is 11.5. The minimum atomic E-state index is -0.316. The van der Waals surface area contributed by atoms with Crippen LogP contribution in [0.15, 0.2) is 0 Å². The maximum absolute atomic E-state index is 8.87. The molecule has 15 heavy (non-hydrogen) atoms. The highest BCUT2D eigenvalue weighted by Crippen LogP contribution is 2.10. The fourth-order valence-electron chi connectivity index (χ4n) is 1.42. The van der Waals surface area contributed by atoms with Crippen molar-refractivity contribution in [2.24, 2.45) is 0 Å². The van der Waals surface area contributed by atoms with E-state index in [2.05, 4.69) is 13.0 Å². The molecule has 0 aliphatic rings. The van der Waals surface area contributed by atoms with Crippen molar-refractivity contribution < 1.29 is 9.47 Å². The maximum atomic E-state index is 8.87. The van der Waals surface area contributed by atoms with Crippen LogP contribution in [0, 0.1) is 11.3 Å². The predicted octanol–water partition coefficient (Wildman–Crippen LogP) is 3.25. The summed E-state index contributed by atoms with van der Waals surface area (Å²) in [5.74, 6) is 0. The fourth-order valence-corrected chi connectivity index (χ4v) is 1.42. The van der Waals surface area contributed by atoms with Crippen molar-refractivity contribution in [1.29, 1.82) is 5.26 Å². The van der Waals surface area contributed by atoms with Gasteiger partial charge in [0, 0.05) is 6.61 Å². The van der Waals surface area contributed by atoms with Crippen LogP contribution in [0.2, 0.25) is 0 Å². The van der Waals surface area contributed by atoms with Gasteiger partial charge in [-0.15, -0.1) is 0 Å². The molecule has 0 bridgehead atoms. The van der Waals surface area contributed by atoms with E-state index < -0.39 is 0 Å². The van der Waals surface area contributed by atoms with E-state index in [1.807, 2.05) is 13.8 Å². The van der Waals surface area contributed by atoms with Gasteiger partial charge in [0.2, 0.25) is 0 Å². The van der Waals surface area contributed by atoms with Gasteiger partial charge >= 0.3 is 0 Å². The Morgan fingerprint density at radius 1 is 1.20 bits per heavy atom. The van der Waals surface area contributed by atoms with Crippen molar-refractivity contribution in [3.8, 4) is 6.07 Å². The fraction of sp³-hybridized carbons (Fsp3) is 0.917. The quantitative estimate of drug-likeness (QED) is 0.436. The summed E-state index contributed by atoms with van der Waals surface area (Å²) in [5.41, 5.74) is 0. The Balaban J connectivity index is 3.59. The molecule has 3 nitrogen and oxygen atoms in total. The average Bonchev–Trinajstić information content (AvgIpc) is 2.23. The lowest BCUT2D eigenvalue weighted by atomic mass is 10.1. The SMILES string of the molecule is CCCCCCC(C#N)OC(C)OCC. The summed E-state index contributed by atoms with van der Waals surface area (Å²) in [4.78, 5) is 0. The third-order valence-electron chi connectivity index (χ3n) is 2.22. The van der Waals surface area contributed by atoms with Gasteiger partial charge in [-0.2, -0.15) is 5.26 Å². The van der Waals surface area contributed by atoms with Crippen LogP contribution >= 0.6 is 0 Å². The molecule has 0 N–H and O–H groups in total. The summed E-state index contributed by atoms with van der Waals surface area (Å²) in [6.07, 6.45) is 4.92. The first-order chi connectivity index (χ1) is 7.24. The second kappa shape index (κ2) is 9.95. The Morgan fingerprint density at radius 3 is 2.47 bits per heavy atom. The monoisotopic (exact) mass is 213 g/mol. The highest BCUT2D eigenvalue weighted by Gasteiger charge is 2.11. The summed E-state index contributed by atoms with van der Waals surface area (Å²) < 4.78 is 10.7. The zero-order valence-corrected chi connectivity index (χ0v) is 10.2. The van der Waals surface area contributed by atoms with Gasteiger partial charge in [0.05, 0.1) is 6.07 Å². The number of nitrogens with zero attached hydrogens (tertiary/aromatic N) is 1. The van der Waals surface area contributed by atoms with E-state index in [0.29, 0.717) is 6.61 Å². The van der Waals surface area contributed by atoms with Gasteiger partial charge in [0.25, 0.3) is 0 Å². The predicted molar refractivity (Wildman–Crippen MR) is 60.3 cm³/mol. The number of nitriles is 1. The maximum Gasteiger partial charge on any atom is 0.156 e. The Bertz CT molecular complexity index is 177. The molecule has 2 atom stereocenters. The molecule has 0 aliphatic carbocycles. The van der Waals surface area contributed by atoms with E-state index in [9.17, 15) is 0 Å². The molecule has 3 heteroatoms. The van der Waals surface area contributed by atoms with Gasteiger partial charge in [0.15, 0.2) is 6.29 Å². The van der Waals surface area contributed by atoms with E-state index in [0.717, 1.165) is 12.8 Å². The van der Waals surface area contributed by atoms with Crippen molar-refractivity contribution in [2.75, 3.05) is 6.61 Å². The smallest absolute Gasteiger partial charge is 0.156 e. The van der Waals surface area contributed by atoms with Gasteiger partial charge in [-0.05, 0) is 26.7 Å². The third-order valence-corrected chi connectivity index (χ3v) is 2.22. The van der Waals surface area contributed by atoms with Crippen LogP contribution in [-0.2, 0) is 9.47 Å². The normalized spacial score (nSPS) is 14.5. The molecule has 0 fully saturated rings. The Hall–Kier alpha value is -0.590. The first kappa shape index (κ1) is 14.4. The summed E-state index contributed by atoms with van der Waals surface area (Å²) >= 11 is 0. The Kier molecular flexibility index (Phi) is 9.55. The number of ether oxygens (including phenoxy) is 2. The summed E-state index contributed by atoms with van der Waals surface area (Å²) in [7, 11) is 0. The molecule has 0 amide bonds. The number of hydrogen-bond donors (Lipinski definition) is 0. The van der Waals surface area contributed by atoms with E-state index in [-0.39, 0.29) is 12.4 Å². The van der Waals surface area contributed by atoms with Gasteiger partial charge in [-0.25, -0.2) is 0 Å². The minimum absolute atomic E-state index is 0.272. The summed E-state index contributed by atoms with van der Waals surface area (Å²) in [6.45, 7) is 6.55. The molecule has 0 aliphatic heterocycles. The molecule has 88 valence electrons. The molecular weight excluding hydrogens is 190 g/mol.